The van der Waals surface area contributed by atoms with E-state index in [0.717, 1.165) is 11.0 Å². The molecule has 2 aromatic carbocycles. The molecule has 2 unspecified atom stereocenters. The van der Waals surface area contributed by atoms with E-state index in [0.29, 0.717) is 11.5 Å². The highest BCUT2D eigenvalue weighted by Crippen LogP contribution is 2.39. The molecule has 1 aliphatic rings. The van der Waals surface area contributed by atoms with E-state index in [1.54, 1.807) is 6.07 Å². The Labute approximate surface area is 133 Å². The zero-order valence-electron chi connectivity index (χ0n) is 10.7. The van der Waals surface area contributed by atoms with Gasteiger partial charge in [0.05, 0.1) is 10.0 Å². The van der Waals surface area contributed by atoms with Crippen LogP contribution in [-0.2, 0) is 0 Å². The summed E-state index contributed by atoms with van der Waals surface area (Å²) < 4.78 is 33.7. The van der Waals surface area contributed by atoms with Gasteiger partial charge < -0.3 is 9.84 Å². The van der Waals surface area contributed by atoms with Crippen LogP contribution in [0, 0.1) is 11.6 Å². The predicted molar refractivity (Wildman–Crippen MR) is 80.6 cm³/mol. The van der Waals surface area contributed by atoms with Gasteiger partial charge in [0, 0.05) is 10.6 Å². The molecular weight excluding hydrogens is 362 g/mol. The number of halogens is 3. The third-order valence-electron chi connectivity index (χ3n) is 3.26. The maximum Gasteiger partial charge on any atom is 0.146 e. The topological polar surface area (TPSA) is 29.5 Å². The SMILES string of the molecule is OC(c1c(F)ccc(Br)c1F)C1CSc2ccccc2O1. The van der Waals surface area contributed by atoms with Crippen LogP contribution in [-0.4, -0.2) is 17.0 Å². The number of fused-ring (bicyclic) bond motifs is 1. The first-order chi connectivity index (χ1) is 10.1. The molecule has 2 aromatic rings. The summed E-state index contributed by atoms with van der Waals surface area (Å²) in [6.45, 7) is 0. The second-order valence-corrected chi connectivity index (χ2v) is 6.53. The van der Waals surface area contributed by atoms with Gasteiger partial charge in [-0.2, -0.15) is 0 Å². The summed E-state index contributed by atoms with van der Waals surface area (Å²) in [5.41, 5.74) is -0.366. The first kappa shape index (κ1) is 14.8. The number of rotatable bonds is 2. The van der Waals surface area contributed by atoms with Gasteiger partial charge in [-0.05, 0) is 40.2 Å². The Kier molecular flexibility index (Phi) is 4.19. The monoisotopic (exact) mass is 372 g/mol. The lowest BCUT2D eigenvalue weighted by molar-refractivity contribution is 0.0407. The zero-order valence-corrected chi connectivity index (χ0v) is 13.1. The van der Waals surface area contributed by atoms with Crippen molar-refractivity contribution in [1.82, 2.24) is 0 Å². The largest absolute Gasteiger partial charge is 0.485 e. The molecule has 0 aromatic heterocycles. The Morgan fingerprint density at radius 1 is 1.24 bits per heavy atom. The number of ether oxygens (including phenoxy) is 1. The molecule has 3 rings (SSSR count). The van der Waals surface area contributed by atoms with Gasteiger partial charge in [0.25, 0.3) is 0 Å². The van der Waals surface area contributed by atoms with Crippen molar-refractivity contribution in [2.75, 3.05) is 5.75 Å². The van der Waals surface area contributed by atoms with Gasteiger partial charge in [0.2, 0.25) is 0 Å². The minimum absolute atomic E-state index is 0.113. The molecule has 0 aliphatic carbocycles. The lowest BCUT2D eigenvalue weighted by Gasteiger charge is -2.29. The molecule has 0 fully saturated rings. The number of thioether (sulfide) groups is 1. The van der Waals surface area contributed by atoms with Crippen molar-refractivity contribution >= 4 is 27.7 Å². The number of hydrogen-bond acceptors (Lipinski definition) is 3. The molecule has 110 valence electrons. The molecule has 0 saturated heterocycles. The van der Waals surface area contributed by atoms with E-state index < -0.39 is 23.8 Å². The highest BCUT2D eigenvalue weighted by Gasteiger charge is 2.32. The van der Waals surface area contributed by atoms with Gasteiger partial charge in [-0.3, -0.25) is 0 Å². The summed E-state index contributed by atoms with van der Waals surface area (Å²) in [7, 11) is 0. The molecule has 0 amide bonds. The van der Waals surface area contributed by atoms with E-state index in [-0.39, 0.29) is 10.0 Å². The summed E-state index contributed by atoms with van der Waals surface area (Å²) in [5.74, 6) is -0.539. The van der Waals surface area contributed by atoms with Crippen molar-refractivity contribution < 1.29 is 18.6 Å². The molecular formula is C15H11BrF2O2S. The van der Waals surface area contributed by atoms with Gasteiger partial charge in [0.15, 0.2) is 0 Å². The first-order valence-electron chi connectivity index (χ1n) is 6.28. The van der Waals surface area contributed by atoms with E-state index in [2.05, 4.69) is 15.9 Å². The Hall–Kier alpha value is -1.11. The molecule has 0 radical (unpaired) electrons. The van der Waals surface area contributed by atoms with Gasteiger partial charge >= 0.3 is 0 Å². The number of benzene rings is 2. The van der Waals surface area contributed by atoms with Gasteiger partial charge in [0.1, 0.15) is 29.6 Å². The summed E-state index contributed by atoms with van der Waals surface area (Å²) >= 11 is 4.49. The number of para-hydroxylation sites is 1. The molecule has 2 atom stereocenters. The third-order valence-corrected chi connectivity index (χ3v) is 5.01. The van der Waals surface area contributed by atoms with Crippen LogP contribution in [0.3, 0.4) is 0 Å². The van der Waals surface area contributed by atoms with E-state index in [9.17, 15) is 13.9 Å². The highest BCUT2D eigenvalue weighted by molar-refractivity contribution is 9.10. The molecule has 1 heterocycles. The lowest BCUT2D eigenvalue weighted by Crippen LogP contribution is -2.31. The second kappa shape index (κ2) is 5.94. The van der Waals surface area contributed by atoms with Crippen molar-refractivity contribution in [3.63, 3.8) is 0 Å². The normalized spacial score (nSPS) is 18.8. The molecule has 1 aliphatic heterocycles. The minimum atomic E-state index is -1.37. The molecule has 0 bridgehead atoms. The maximum atomic E-state index is 14.1. The molecule has 6 heteroatoms. The average Bonchev–Trinajstić information content (AvgIpc) is 2.51. The van der Waals surface area contributed by atoms with Gasteiger partial charge in [-0.1, -0.05) is 12.1 Å². The Balaban J connectivity index is 1.91. The first-order valence-corrected chi connectivity index (χ1v) is 8.05. The van der Waals surface area contributed by atoms with E-state index in [4.69, 9.17) is 4.74 Å². The Morgan fingerprint density at radius 2 is 2.00 bits per heavy atom. The van der Waals surface area contributed by atoms with Gasteiger partial charge in [-0.15, -0.1) is 11.8 Å². The lowest BCUT2D eigenvalue weighted by atomic mass is 10.0. The van der Waals surface area contributed by atoms with Crippen LogP contribution in [0.1, 0.15) is 11.7 Å². The Morgan fingerprint density at radius 3 is 2.81 bits per heavy atom. The Bertz CT molecular complexity index is 681. The van der Waals surface area contributed by atoms with Crippen molar-refractivity contribution in [3.8, 4) is 5.75 Å². The standard InChI is InChI=1S/C15H11BrF2O2S/c16-8-5-6-9(17)13(14(8)18)15(19)11-7-21-12-4-2-1-3-10(12)20-11/h1-6,11,15,19H,7H2. The van der Waals surface area contributed by atoms with E-state index in [1.807, 2.05) is 18.2 Å². The predicted octanol–water partition coefficient (Wildman–Crippen LogP) is 4.31. The van der Waals surface area contributed by atoms with Crippen LogP contribution < -0.4 is 4.74 Å². The van der Waals surface area contributed by atoms with Crippen LogP contribution in [0.15, 0.2) is 45.8 Å². The quantitative estimate of drug-likeness (QED) is 0.796. The molecule has 0 saturated carbocycles. The minimum Gasteiger partial charge on any atom is -0.485 e. The second-order valence-electron chi connectivity index (χ2n) is 4.62. The van der Waals surface area contributed by atoms with E-state index >= 15 is 0 Å². The van der Waals surface area contributed by atoms with Crippen molar-refractivity contribution in [2.45, 2.75) is 17.1 Å². The summed E-state index contributed by atoms with van der Waals surface area (Å²) in [6.07, 6.45) is -2.08. The fraction of sp³-hybridized carbons (Fsp3) is 0.200. The molecule has 0 spiro atoms. The number of hydrogen-bond donors (Lipinski definition) is 1. The van der Waals surface area contributed by atoms with Crippen LogP contribution in [0.25, 0.3) is 0 Å². The third kappa shape index (κ3) is 2.80. The van der Waals surface area contributed by atoms with Crippen LogP contribution in [0.2, 0.25) is 0 Å². The smallest absolute Gasteiger partial charge is 0.146 e. The summed E-state index contributed by atoms with van der Waals surface area (Å²) in [6, 6.07) is 9.77. The molecule has 2 nitrogen and oxygen atoms in total. The summed E-state index contributed by atoms with van der Waals surface area (Å²) in [5, 5.41) is 10.3. The summed E-state index contributed by atoms with van der Waals surface area (Å²) in [4.78, 5) is 0.955. The fourth-order valence-corrected chi connectivity index (χ4v) is 3.56. The fourth-order valence-electron chi connectivity index (χ4n) is 2.19. The van der Waals surface area contributed by atoms with Crippen LogP contribution >= 0.6 is 27.7 Å². The van der Waals surface area contributed by atoms with Gasteiger partial charge in [-0.25, -0.2) is 8.78 Å². The number of aliphatic hydroxyl groups is 1. The van der Waals surface area contributed by atoms with Crippen molar-refractivity contribution in [1.29, 1.82) is 0 Å². The van der Waals surface area contributed by atoms with Crippen LogP contribution in [0.5, 0.6) is 5.75 Å². The average molecular weight is 373 g/mol. The van der Waals surface area contributed by atoms with Crippen molar-refractivity contribution in [2.24, 2.45) is 0 Å². The highest BCUT2D eigenvalue weighted by atomic mass is 79.9. The van der Waals surface area contributed by atoms with Crippen molar-refractivity contribution in [3.05, 3.63) is 58.1 Å². The zero-order chi connectivity index (χ0) is 15.0. The number of aliphatic hydroxyl groups excluding tert-OH is 1. The van der Waals surface area contributed by atoms with E-state index in [1.165, 1.54) is 17.8 Å². The maximum absolute atomic E-state index is 14.1. The molecule has 1 N–H and O–H groups in total. The van der Waals surface area contributed by atoms with Crippen LogP contribution in [0.4, 0.5) is 8.78 Å². The molecule has 21 heavy (non-hydrogen) atoms.